The first-order valence-electron chi connectivity index (χ1n) is 7.57. The number of nitrogens with one attached hydrogen (secondary N) is 1. The van der Waals surface area contributed by atoms with Crippen LogP contribution in [-0.4, -0.2) is 41.5 Å². The maximum absolute atomic E-state index is 6.03. The monoisotopic (exact) mass is 277 g/mol. The number of nitrogen functional groups attached to an aromatic ring is 1. The summed E-state index contributed by atoms with van der Waals surface area (Å²) in [5.41, 5.74) is 7.05. The highest BCUT2D eigenvalue weighted by Gasteiger charge is 2.18. The molecule has 0 bridgehead atoms. The quantitative estimate of drug-likeness (QED) is 0.863. The normalized spacial score (nSPS) is 23.0. The second-order valence-electron chi connectivity index (χ2n) is 6.26. The van der Waals surface area contributed by atoms with E-state index in [1.54, 1.807) is 0 Å². The first-order valence-corrected chi connectivity index (χ1v) is 7.57. The molecule has 1 aliphatic rings. The summed E-state index contributed by atoms with van der Waals surface area (Å²) in [6.45, 7) is 3.28. The smallest absolute Gasteiger partial charge is 0.224 e. The van der Waals surface area contributed by atoms with Gasteiger partial charge < -0.3 is 16.0 Å². The third kappa shape index (κ3) is 4.34. The Labute approximate surface area is 122 Å². The molecule has 3 N–H and O–H groups in total. The number of hydrogen-bond acceptors (Lipinski definition) is 5. The maximum atomic E-state index is 6.03. The number of nitrogens with zero attached hydrogens (tertiary/aromatic N) is 3. The zero-order chi connectivity index (χ0) is 14.5. The van der Waals surface area contributed by atoms with Crippen LogP contribution in [0.1, 0.15) is 38.2 Å². The van der Waals surface area contributed by atoms with Gasteiger partial charge in [0.05, 0.1) is 0 Å². The van der Waals surface area contributed by atoms with Crippen LogP contribution >= 0.6 is 0 Å². The van der Waals surface area contributed by atoms with E-state index in [1.807, 2.05) is 6.20 Å². The van der Waals surface area contributed by atoms with Gasteiger partial charge in [0.25, 0.3) is 0 Å². The fraction of sp³-hybridized carbons (Fsp3) is 0.733. The molecule has 5 nitrogen and oxygen atoms in total. The van der Waals surface area contributed by atoms with Crippen LogP contribution in [0.3, 0.4) is 0 Å². The topological polar surface area (TPSA) is 67.1 Å². The van der Waals surface area contributed by atoms with E-state index in [2.05, 4.69) is 41.2 Å². The van der Waals surface area contributed by atoms with Crippen molar-refractivity contribution >= 4 is 11.8 Å². The number of anilines is 2. The average molecular weight is 277 g/mol. The van der Waals surface area contributed by atoms with Crippen molar-refractivity contribution < 1.29 is 0 Å². The lowest BCUT2D eigenvalue weighted by Gasteiger charge is -2.27. The van der Waals surface area contributed by atoms with Gasteiger partial charge in [-0.1, -0.05) is 6.92 Å². The first-order chi connectivity index (χ1) is 9.54. The number of hydrogen-bond donors (Lipinski definition) is 2. The average Bonchev–Trinajstić information content (AvgIpc) is 2.40. The number of likely N-dealkylation sites (N-methyl/N-ethyl adjacent to an activating group) is 1. The largest absolute Gasteiger partial charge is 0.383 e. The van der Waals surface area contributed by atoms with Gasteiger partial charge in [-0.25, -0.2) is 4.98 Å². The van der Waals surface area contributed by atoms with E-state index >= 15 is 0 Å². The lowest BCUT2D eigenvalue weighted by atomic mass is 9.87. The van der Waals surface area contributed by atoms with Gasteiger partial charge in [-0.2, -0.15) is 4.98 Å². The molecule has 2 rings (SSSR count). The summed E-state index contributed by atoms with van der Waals surface area (Å²) < 4.78 is 0. The van der Waals surface area contributed by atoms with Gasteiger partial charge in [0.1, 0.15) is 5.82 Å². The summed E-state index contributed by atoms with van der Waals surface area (Å²) in [4.78, 5) is 10.9. The van der Waals surface area contributed by atoms with Gasteiger partial charge in [-0.3, -0.25) is 0 Å². The van der Waals surface area contributed by atoms with Crippen LogP contribution in [0.4, 0.5) is 11.8 Å². The number of aromatic nitrogens is 2. The summed E-state index contributed by atoms with van der Waals surface area (Å²) >= 11 is 0. The van der Waals surface area contributed by atoms with E-state index in [1.165, 1.54) is 25.7 Å². The zero-order valence-electron chi connectivity index (χ0n) is 12.9. The van der Waals surface area contributed by atoms with E-state index < -0.39 is 0 Å². The van der Waals surface area contributed by atoms with Crippen molar-refractivity contribution in [2.24, 2.45) is 5.92 Å². The summed E-state index contributed by atoms with van der Waals surface area (Å²) in [6.07, 6.45) is 7.72. The molecule has 1 heterocycles. The summed E-state index contributed by atoms with van der Waals surface area (Å²) in [7, 11) is 4.11. The van der Waals surface area contributed by atoms with Crippen molar-refractivity contribution in [2.75, 3.05) is 31.7 Å². The number of rotatable bonds is 5. The zero-order valence-corrected chi connectivity index (χ0v) is 12.9. The third-order valence-electron chi connectivity index (χ3n) is 4.08. The predicted octanol–water partition coefficient (Wildman–Crippen LogP) is 2.15. The van der Waals surface area contributed by atoms with Gasteiger partial charge >= 0.3 is 0 Å². The molecule has 1 aliphatic carbocycles. The van der Waals surface area contributed by atoms with Crippen molar-refractivity contribution in [3.8, 4) is 0 Å². The highest BCUT2D eigenvalue weighted by Crippen LogP contribution is 2.25. The van der Waals surface area contributed by atoms with E-state index in [-0.39, 0.29) is 0 Å². The molecule has 0 atom stereocenters. The minimum absolute atomic E-state index is 0.498. The molecular formula is C15H27N5. The summed E-state index contributed by atoms with van der Waals surface area (Å²) in [5, 5.41) is 3.42. The second-order valence-corrected chi connectivity index (χ2v) is 6.26. The highest BCUT2D eigenvalue weighted by molar-refractivity contribution is 5.43. The van der Waals surface area contributed by atoms with E-state index in [0.29, 0.717) is 17.8 Å². The standard InChI is InChI=1S/C15H27N5/c1-11-4-6-13(7-5-11)18-15-17-10-12(14(16)19-15)8-9-20(2)3/h10-11,13H,4-9H2,1-3H3,(H3,16,17,18,19). The van der Waals surface area contributed by atoms with Crippen molar-refractivity contribution in [1.82, 2.24) is 14.9 Å². The molecule has 0 aliphatic heterocycles. The van der Waals surface area contributed by atoms with E-state index in [9.17, 15) is 0 Å². The fourth-order valence-corrected chi connectivity index (χ4v) is 2.61. The van der Waals surface area contributed by atoms with Gasteiger partial charge in [0, 0.05) is 24.3 Å². The Balaban J connectivity index is 1.91. The molecule has 112 valence electrons. The molecule has 0 unspecified atom stereocenters. The van der Waals surface area contributed by atoms with Gasteiger partial charge in [0.2, 0.25) is 5.95 Å². The van der Waals surface area contributed by atoms with Gasteiger partial charge in [0.15, 0.2) is 0 Å². The Morgan fingerprint density at radius 1 is 1.30 bits per heavy atom. The van der Waals surface area contributed by atoms with E-state index in [0.717, 1.165) is 24.4 Å². The van der Waals surface area contributed by atoms with Crippen molar-refractivity contribution in [3.63, 3.8) is 0 Å². The van der Waals surface area contributed by atoms with Crippen LogP contribution in [-0.2, 0) is 6.42 Å². The fourth-order valence-electron chi connectivity index (χ4n) is 2.61. The lowest BCUT2D eigenvalue weighted by molar-refractivity contribution is 0.360. The summed E-state index contributed by atoms with van der Waals surface area (Å²) in [6, 6.07) is 0.498. The second kappa shape index (κ2) is 6.88. The molecule has 0 aromatic carbocycles. The van der Waals surface area contributed by atoms with Crippen molar-refractivity contribution in [1.29, 1.82) is 0 Å². The van der Waals surface area contributed by atoms with Crippen LogP contribution in [0.25, 0.3) is 0 Å². The molecule has 0 spiro atoms. The predicted molar refractivity (Wildman–Crippen MR) is 83.7 cm³/mol. The Hall–Kier alpha value is -1.36. The SMILES string of the molecule is CC1CCC(Nc2ncc(CCN(C)C)c(N)n2)CC1. The van der Waals surface area contributed by atoms with Crippen molar-refractivity contribution in [3.05, 3.63) is 11.8 Å². The molecule has 1 fully saturated rings. The molecule has 1 aromatic heterocycles. The van der Waals surface area contributed by atoms with Crippen LogP contribution in [0, 0.1) is 5.92 Å². The molecule has 0 radical (unpaired) electrons. The number of nitrogens with two attached hydrogens (primary N) is 1. The summed E-state index contributed by atoms with van der Waals surface area (Å²) in [5.74, 6) is 2.14. The minimum atomic E-state index is 0.498. The minimum Gasteiger partial charge on any atom is -0.383 e. The Morgan fingerprint density at radius 3 is 2.60 bits per heavy atom. The molecule has 0 amide bonds. The Bertz CT molecular complexity index is 424. The Morgan fingerprint density at radius 2 is 2.00 bits per heavy atom. The van der Waals surface area contributed by atoms with Crippen LogP contribution in [0.5, 0.6) is 0 Å². The van der Waals surface area contributed by atoms with Gasteiger partial charge in [-0.05, 0) is 52.1 Å². The molecular weight excluding hydrogens is 250 g/mol. The maximum Gasteiger partial charge on any atom is 0.224 e. The lowest BCUT2D eigenvalue weighted by Crippen LogP contribution is -2.26. The van der Waals surface area contributed by atoms with Crippen LogP contribution in [0.15, 0.2) is 6.20 Å². The molecule has 5 heteroatoms. The molecule has 1 saturated carbocycles. The Kier molecular flexibility index (Phi) is 5.17. The first kappa shape index (κ1) is 15.0. The molecule has 20 heavy (non-hydrogen) atoms. The molecule has 1 aromatic rings. The van der Waals surface area contributed by atoms with Crippen LogP contribution < -0.4 is 11.1 Å². The van der Waals surface area contributed by atoms with E-state index in [4.69, 9.17) is 5.73 Å². The van der Waals surface area contributed by atoms with Gasteiger partial charge in [-0.15, -0.1) is 0 Å². The highest BCUT2D eigenvalue weighted by atomic mass is 15.1. The third-order valence-corrected chi connectivity index (χ3v) is 4.08. The van der Waals surface area contributed by atoms with Crippen LogP contribution in [0.2, 0.25) is 0 Å². The molecule has 0 saturated heterocycles. The van der Waals surface area contributed by atoms with Crippen molar-refractivity contribution in [2.45, 2.75) is 45.1 Å².